The zero-order valence-electron chi connectivity index (χ0n) is 28.0. The van der Waals surface area contributed by atoms with E-state index in [1.54, 1.807) is 0 Å². The number of aliphatic hydroxyl groups is 2. The van der Waals surface area contributed by atoms with E-state index in [4.69, 9.17) is 16.6 Å². The molecule has 0 bridgehead atoms. The van der Waals surface area contributed by atoms with Crippen LogP contribution in [0.2, 0.25) is 0 Å². The number of nitro benzene ring substituents is 1. The summed E-state index contributed by atoms with van der Waals surface area (Å²) in [7, 11) is 0. The van der Waals surface area contributed by atoms with E-state index in [0.717, 1.165) is 0 Å². The average Bonchev–Trinajstić information content (AvgIpc) is 3.72. The number of benzene rings is 1. The summed E-state index contributed by atoms with van der Waals surface area (Å²) in [6, 6.07) is 0.0781. The number of nitro groups is 1. The molecule has 0 radical (unpaired) electrons. The molecule has 2 aliphatic rings. The fraction of sp³-hybridized carbons (Fsp3) is 0.613. The van der Waals surface area contributed by atoms with Crippen LogP contribution in [0.4, 0.5) is 5.69 Å². The van der Waals surface area contributed by atoms with Gasteiger partial charge in [-0.3, -0.25) is 34.1 Å². The Morgan fingerprint density at radius 1 is 0.918 bits per heavy atom. The number of amides is 5. The molecule has 0 aliphatic carbocycles. The number of hydrogen-bond donors (Lipinski definition) is 7. The number of non-ortho nitro benzene ring substituents is 1. The van der Waals surface area contributed by atoms with E-state index in [2.05, 4.69) is 10.6 Å². The summed E-state index contributed by atoms with van der Waals surface area (Å²) in [5.74, 6) is -3.85. The van der Waals surface area contributed by atoms with Crippen LogP contribution >= 0.6 is 0 Å². The first-order valence-corrected chi connectivity index (χ1v) is 16.0. The highest BCUT2D eigenvalue weighted by Gasteiger charge is 2.44. The topological polar surface area (TPSA) is 289 Å². The highest BCUT2D eigenvalue weighted by molar-refractivity contribution is 5.97. The number of carbonyl (C=O) groups is 6. The van der Waals surface area contributed by atoms with Gasteiger partial charge in [0.2, 0.25) is 23.6 Å². The van der Waals surface area contributed by atoms with Gasteiger partial charge in [0.25, 0.3) is 11.6 Å². The SMILES string of the molecule is CC(C)CC(NC(=O)c1ccc([N+](=O)[O-])cc1)C(=O)O.C[C@@H](O)[C@H](N)C(=O)N1CCC[C@H]1C(=O)N1CCC[C@H]1C(=O)N[C@@H](C(N)=O)[C@@H](C)O. The molecule has 2 fully saturated rings. The van der Waals surface area contributed by atoms with E-state index in [1.165, 1.54) is 47.9 Å². The maximum Gasteiger partial charge on any atom is 0.326 e. The van der Waals surface area contributed by atoms with Gasteiger partial charge in [0, 0.05) is 30.8 Å². The maximum absolute atomic E-state index is 13.1. The number of nitrogens with zero attached hydrogens (tertiary/aromatic N) is 3. The lowest BCUT2D eigenvalue weighted by molar-refractivity contribution is -0.384. The maximum atomic E-state index is 13.1. The molecule has 7 atom stereocenters. The summed E-state index contributed by atoms with van der Waals surface area (Å²) >= 11 is 0. The minimum Gasteiger partial charge on any atom is -0.480 e. The first kappa shape index (κ1) is 40.5. The van der Waals surface area contributed by atoms with Gasteiger partial charge in [-0.15, -0.1) is 0 Å². The molecule has 18 nitrogen and oxygen atoms in total. The minimum atomic E-state index is -1.26. The molecule has 2 aliphatic heterocycles. The molecule has 18 heteroatoms. The Morgan fingerprint density at radius 2 is 1.47 bits per heavy atom. The second kappa shape index (κ2) is 18.2. The van der Waals surface area contributed by atoms with E-state index < -0.39 is 76.9 Å². The Kier molecular flexibility index (Phi) is 15.0. The molecule has 5 amide bonds. The third kappa shape index (κ3) is 11.2. The van der Waals surface area contributed by atoms with Gasteiger partial charge in [-0.2, -0.15) is 0 Å². The van der Waals surface area contributed by atoms with Crippen LogP contribution in [0, 0.1) is 16.0 Å². The molecular weight excluding hydrogens is 646 g/mol. The van der Waals surface area contributed by atoms with Gasteiger partial charge in [0.05, 0.1) is 17.1 Å². The number of hydrogen-bond acceptors (Lipinski definition) is 11. The third-order valence-electron chi connectivity index (χ3n) is 8.20. The molecule has 0 spiro atoms. The van der Waals surface area contributed by atoms with Gasteiger partial charge in [-0.1, -0.05) is 13.8 Å². The largest absolute Gasteiger partial charge is 0.480 e. The number of carboxylic acids is 1. The van der Waals surface area contributed by atoms with Crippen molar-refractivity contribution in [2.45, 2.75) is 102 Å². The number of nitrogens with one attached hydrogen (secondary N) is 2. The van der Waals surface area contributed by atoms with Crippen LogP contribution in [0.25, 0.3) is 0 Å². The van der Waals surface area contributed by atoms with Crippen molar-refractivity contribution in [1.82, 2.24) is 20.4 Å². The molecule has 1 unspecified atom stereocenters. The molecule has 1 aromatic carbocycles. The zero-order chi connectivity index (χ0) is 37.2. The molecule has 2 heterocycles. The first-order chi connectivity index (χ1) is 22.9. The van der Waals surface area contributed by atoms with E-state index in [-0.39, 0.29) is 23.1 Å². The number of primary amides is 1. The fourth-order valence-electron chi connectivity index (χ4n) is 5.53. The lowest BCUT2D eigenvalue weighted by Gasteiger charge is -2.33. The molecule has 9 N–H and O–H groups in total. The lowest BCUT2D eigenvalue weighted by Crippen LogP contribution is -2.58. The summed E-state index contributed by atoms with van der Waals surface area (Å²) in [4.78, 5) is 85.4. The van der Waals surface area contributed by atoms with E-state index in [9.17, 15) is 49.1 Å². The monoisotopic (exact) mass is 693 g/mol. The Balaban J connectivity index is 0.000000365. The average molecular weight is 694 g/mol. The predicted octanol–water partition coefficient (Wildman–Crippen LogP) is -1.15. The van der Waals surface area contributed by atoms with Crippen LogP contribution in [0.15, 0.2) is 24.3 Å². The third-order valence-corrected chi connectivity index (χ3v) is 8.20. The smallest absolute Gasteiger partial charge is 0.326 e. The summed E-state index contributed by atoms with van der Waals surface area (Å²) < 4.78 is 0. The number of aliphatic hydroxyl groups excluding tert-OH is 2. The van der Waals surface area contributed by atoms with Crippen molar-refractivity contribution in [2.75, 3.05) is 13.1 Å². The van der Waals surface area contributed by atoms with Gasteiger partial charge in [-0.05, 0) is 64.0 Å². The second-order valence-corrected chi connectivity index (χ2v) is 12.6. The van der Waals surface area contributed by atoms with E-state index in [0.29, 0.717) is 45.2 Å². The van der Waals surface area contributed by atoms with E-state index in [1.807, 2.05) is 13.8 Å². The van der Waals surface area contributed by atoms with Gasteiger partial charge >= 0.3 is 5.97 Å². The molecule has 0 aromatic heterocycles. The Bertz CT molecular complexity index is 1370. The predicted molar refractivity (Wildman–Crippen MR) is 173 cm³/mol. The van der Waals surface area contributed by atoms with Crippen molar-refractivity contribution in [3.05, 3.63) is 39.9 Å². The van der Waals surface area contributed by atoms with Crippen LogP contribution in [-0.2, 0) is 24.0 Å². The van der Waals surface area contributed by atoms with Crippen LogP contribution in [0.5, 0.6) is 0 Å². The second-order valence-electron chi connectivity index (χ2n) is 12.6. The van der Waals surface area contributed by atoms with Gasteiger partial charge < -0.3 is 47.2 Å². The van der Waals surface area contributed by atoms with Crippen molar-refractivity contribution in [2.24, 2.45) is 17.4 Å². The minimum absolute atomic E-state index is 0.119. The summed E-state index contributed by atoms with van der Waals surface area (Å²) in [6.45, 7) is 7.15. The number of carbonyl (C=O) groups excluding carboxylic acids is 5. The van der Waals surface area contributed by atoms with Crippen molar-refractivity contribution < 1.29 is 49.0 Å². The van der Waals surface area contributed by atoms with Crippen LogP contribution in [0.1, 0.15) is 70.2 Å². The standard InChI is InChI=1S/C18H31N5O6.C13H16N2O5/c1-9(24)13(19)18(29)23-8-4-6-12(23)17(28)22-7-3-5-11(22)16(27)21-14(10(2)25)15(20)26;1-8(2)7-11(13(17)18)14-12(16)9-3-5-10(6-4-9)15(19)20/h9-14,24-25H,3-8,19H2,1-2H3,(H2,20,26)(H,21,27);3-6,8,11H,7H2,1-2H3,(H,14,16)(H,17,18)/t9-,10-,11+,12+,13+,14-;/m1./s1. The molecule has 49 heavy (non-hydrogen) atoms. The number of nitrogens with two attached hydrogens (primary N) is 2. The molecule has 2 saturated heterocycles. The van der Waals surface area contributed by atoms with Crippen LogP contribution in [-0.4, -0.2) is 121 Å². The van der Waals surface area contributed by atoms with Crippen molar-refractivity contribution in [1.29, 1.82) is 0 Å². The van der Waals surface area contributed by atoms with E-state index >= 15 is 0 Å². The Hall–Kier alpha value is -4.68. The lowest BCUT2D eigenvalue weighted by atomic mass is 10.0. The molecule has 0 saturated carbocycles. The van der Waals surface area contributed by atoms with Gasteiger partial charge in [-0.25, -0.2) is 4.79 Å². The molecule has 272 valence electrons. The van der Waals surface area contributed by atoms with Crippen molar-refractivity contribution >= 4 is 41.2 Å². The van der Waals surface area contributed by atoms with Crippen LogP contribution < -0.4 is 22.1 Å². The molecule has 1 aromatic rings. The van der Waals surface area contributed by atoms with Crippen LogP contribution in [0.3, 0.4) is 0 Å². The molecular formula is C31H47N7O11. The molecule has 3 rings (SSSR count). The summed E-state index contributed by atoms with van der Waals surface area (Å²) in [5.41, 5.74) is 11.0. The van der Waals surface area contributed by atoms with Gasteiger partial charge in [0.15, 0.2) is 0 Å². The normalized spacial score (nSPS) is 20.2. The number of rotatable bonds is 13. The van der Waals surface area contributed by atoms with Crippen molar-refractivity contribution in [3.63, 3.8) is 0 Å². The first-order valence-electron chi connectivity index (χ1n) is 16.0. The Labute approximate surface area is 283 Å². The number of aliphatic carboxylic acids is 1. The quantitative estimate of drug-likeness (QED) is 0.0952. The Morgan fingerprint density at radius 3 is 1.94 bits per heavy atom. The highest BCUT2D eigenvalue weighted by Crippen LogP contribution is 2.26. The zero-order valence-corrected chi connectivity index (χ0v) is 28.0. The highest BCUT2D eigenvalue weighted by atomic mass is 16.6. The van der Waals surface area contributed by atoms with Gasteiger partial charge in [0.1, 0.15) is 30.2 Å². The fourth-order valence-corrected chi connectivity index (χ4v) is 5.53. The summed E-state index contributed by atoms with van der Waals surface area (Å²) in [5, 5.41) is 43.6. The van der Waals surface area contributed by atoms with Crippen molar-refractivity contribution in [3.8, 4) is 0 Å². The number of carboxylic acid groups (broad SMARTS) is 1. The number of likely N-dealkylation sites (tertiary alicyclic amines) is 2. The summed E-state index contributed by atoms with van der Waals surface area (Å²) in [6.07, 6.45) is 0.144.